The smallest absolute Gasteiger partial charge is 0.191 e. The molecular formula is C18H37IN4O. The molecule has 1 heterocycles. The highest BCUT2D eigenvalue weighted by Gasteiger charge is 2.36. The molecule has 2 fully saturated rings. The number of aliphatic imine (C=N–C) groups is 1. The SMILES string of the molecule is CN=C(NCC(C)CN1CCCC1)NCC1(CCOC)CCC1.I. The number of methoxy groups -OCH3 is 1. The second-order valence-electron chi connectivity index (χ2n) is 7.52. The third-order valence-electron chi connectivity index (χ3n) is 5.49. The summed E-state index contributed by atoms with van der Waals surface area (Å²) in [6, 6.07) is 0. The van der Waals surface area contributed by atoms with Gasteiger partial charge in [-0.15, -0.1) is 24.0 Å². The minimum Gasteiger partial charge on any atom is -0.385 e. The van der Waals surface area contributed by atoms with Gasteiger partial charge in [0, 0.05) is 40.4 Å². The fraction of sp³-hybridized carbons (Fsp3) is 0.944. The van der Waals surface area contributed by atoms with Crippen molar-refractivity contribution in [1.82, 2.24) is 15.5 Å². The zero-order valence-electron chi connectivity index (χ0n) is 15.8. The summed E-state index contributed by atoms with van der Waals surface area (Å²) in [5.41, 5.74) is 0.425. The van der Waals surface area contributed by atoms with E-state index in [1.54, 1.807) is 7.11 Å². The van der Waals surface area contributed by atoms with Crippen LogP contribution in [0.4, 0.5) is 0 Å². The number of nitrogens with one attached hydrogen (secondary N) is 2. The van der Waals surface area contributed by atoms with E-state index in [1.165, 1.54) is 51.7 Å². The van der Waals surface area contributed by atoms with Crippen LogP contribution in [0.25, 0.3) is 0 Å². The van der Waals surface area contributed by atoms with Gasteiger partial charge in [-0.2, -0.15) is 0 Å². The van der Waals surface area contributed by atoms with Gasteiger partial charge >= 0.3 is 0 Å². The molecule has 5 nitrogen and oxygen atoms in total. The lowest BCUT2D eigenvalue weighted by Gasteiger charge is -2.42. The van der Waals surface area contributed by atoms with Gasteiger partial charge in [0.1, 0.15) is 0 Å². The van der Waals surface area contributed by atoms with E-state index in [2.05, 4.69) is 27.4 Å². The Morgan fingerprint density at radius 3 is 2.46 bits per heavy atom. The maximum Gasteiger partial charge on any atom is 0.191 e. The van der Waals surface area contributed by atoms with Crippen LogP contribution < -0.4 is 10.6 Å². The third kappa shape index (κ3) is 7.04. The van der Waals surface area contributed by atoms with Crippen molar-refractivity contribution in [2.45, 2.75) is 45.4 Å². The molecular weight excluding hydrogens is 415 g/mol. The van der Waals surface area contributed by atoms with Crippen molar-refractivity contribution in [3.05, 3.63) is 0 Å². The molecule has 1 aliphatic carbocycles. The standard InChI is InChI=1S/C18H36N4O.HI/c1-16(14-22-10-4-5-11-22)13-20-17(19-2)21-15-18(7-6-8-18)9-12-23-3;/h16H,4-15H2,1-3H3,(H2,19,20,21);1H. The maximum atomic E-state index is 5.27. The van der Waals surface area contributed by atoms with Crippen molar-refractivity contribution >= 4 is 29.9 Å². The summed E-state index contributed by atoms with van der Waals surface area (Å²) in [5.74, 6) is 1.60. The van der Waals surface area contributed by atoms with Gasteiger partial charge in [0.05, 0.1) is 0 Å². The number of guanidine groups is 1. The molecule has 0 aromatic rings. The van der Waals surface area contributed by atoms with Crippen LogP contribution in [0.3, 0.4) is 0 Å². The molecule has 0 aromatic carbocycles. The van der Waals surface area contributed by atoms with E-state index >= 15 is 0 Å². The number of rotatable bonds is 9. The predicted molar refractivity (Wildman–Crippen MR) is 112 cm³/mol. The molecule has 24 heavy (non-hydrogen) atoms. The number of likely N-dealkylation sites (tertiary alicyclic amines) is 1. The Balaban J connectivity index is 0.00000288. The topological polar surface area (TPSA) is 48.9 Å². The van der Waals surface area contributed by atoms with Gasteiger partial charge in [-0.05, 0) is 56.5 Å². The molecule has 1 atom stereocenters. The molecule has 0 amide bonds. The quantitative estimate of drug-likeness (QED) is 0.321. The van der Waals surface area contributed by atoms with Crippen LogP contribution in [-0.4, -0.2) is 64.3 Å². The summed E-state index contributed by atoms with van der Waals surface area (Å²) in [4.78, 5) is 6.96. The molecule has 0 spiro atoms. The lowest BCUT2D eigenvalue weighted by atomic mass is 9.67. The molecule has 0 radical (unpaired) electrons. The fourth-order valence-corrected chi connectivity index (χ4v) is 3.74. The zero-order chi connectivity index (χ0) is 16.5. The highest BCUT2D eigenvalue weighted by Crippen LogP contribution is 2.43. The Kier molecular flexibility index (Phi) is 10.5. The summed E-state index contributed by atoms with van der Waals surface area (Å²) < 4.78 is 5.27. The van der Waals surface area contributed by atoms with Gasteiger partial charge in [0.2, 0.25) is 0 Å². The Bertz CT molecular complexity index is 368. The lowest BCUT2D eigenvalue weighted by molar-refractivity contribution is 0.0732. The van der Waals surface area contributed by atoms with E-state index in [1.807, 2.05) is 7.05 Å². The molecule has 0 aromatic heterocycles. The molecule has 1 saturated carbocycles. The summed E-state index contributed by atoms with van der Waals surface area (Å²) in [6.07, 6.45) is 7.86. The van der Waals surface area contributed by atoms with Crippen LogP contribution >= 0.6 is 24.0 Å². The van der Waals surface area contributed by atoms with Crippen molar-refractivity contribution in [2.24, 2.45) is 16.3 Å². The average Bonchev–Trinajstić information content (AvgIpc) is 3.01. The van der Waals surface area contributed by atoms with Crippen LogP contribution in [0.2, 0.25) is 0 Å². The zero-order valence-corrected chi connectivity index (χ0v) is 18.1. The minimum absolute atomic E-state index is 0. The number of nitrogens with zero attached hydrogens (tertiary/aromatic N) is 2. The lowest BCUT2D eigenvalue weighted by Crippen LogP contribution is -2.48. The van der Waals surface area contributed by atoms with Crippen LogP contribution in [0.15, 0.2) is 4.99 Å². The largest absolute Gasteiger partial charge is 0.385 e. The highest BCUT2D eigenvalue weighted by molar-refractivity contribution is 14.0. The second-order valence-corrected chi connectivity index (χ2v) is 7.52. The predicted octanol–water partition coefficient (Wildman–Crippen LogP) is 2.71. The molecule has 2 N–H and O–H groups in total. The van der Waals surface area contributed by atoms with E-state index in [9.17, 15) is 0 Å². The van der Waals surface area contributed by atoms with E-state index in [4.69, 9.17) is 4.74 Å². The maximum absolute atomic E-state index is 5.27. The van der Waals surface area contributed by atoms with Crippen LogP contribution in [0.5, 0.6) is 0 Å². The molecule has 2 rings (SSSR count). The molecule has 1 unspecified atom stereocenters. The fourth-order valence-electron chi connectivity index (χ4n) is 3.74. The Morgan fingerprint density at radius 2 is 1.92 bits per heavy atom. The second kappa shape index (κ2) is 11.5. The summed E-state index contributed by atoms with van der Waals surface area (Å²) in [7, 11) is 3.66. The van der Waals surface area contributed by atoms with Gasteiger partial charge in [0.25, 0.3) is 0 Å². The first-order valence-electron chi connectivity index (χ1n) is 9.33. The van der Waals surface area contributed by atoms with Crippen LogP contribution in [0.1, 0.15) is 45.4 Å². The molecule has 0 bridgehead atoms. The normalized spacial score (nSPS) is 21.7. The molecule has 2 aliphatic rings. The Morgan fingerprint density at radius 1 is 1.21 bits per heavy atom. The first-order valence-corrected chi connectivity index (χ1v) is 9.33. The third-order valence-corrected chi connectivity index (χ3v) is 5.49. The average molecular weight is 452 g/mol. The minimum atomic E-state index is 0. The number of halogens is 1. The monoisotopic (exact) mass is 452 g/mol. The first kappa shape index (κ1) is 22.0. The summed E-state index contributed by atoms with van der Waals surface area (Å²) >= 11 is 0. The number of hydrogen-bond acceptors (Lipinski definition) is 3. The van der Waals surface area contributed by atoms with Crippen molar-refractivity contribution in [1.29, 1.82) is 0 Å². The Hall–Kier alpha value is -0.0800. The van der Waals surface area contributed by atoms with Gasteiger partial charge < -0.3 is 20.3 Å². The van der Waals surface area contributed by atoms with Gasteiger partial charge in [-0.3, -0.25) is 4.99 Å². The van der Waals surface area contributed by atoms with Gasteiger partial charge in [0.15, 0.2) is 5.96 Å². The van der Waals surface area contributed by atoms with Gasteiger partial charge in [-0.1, -0.05) is 13.3 Å². The van der Waals surface area contributed by atoms with Crippen LogP contribution in [-0.2, 0) is 4.74 Å². The number of ether oxygens (including phenoxy) is 1. The molecule has 142 valence electrons. The van der Waals surface area contributed by atoms with Crippen molar-refractivity contribution < 1.29 is 4.74 Å². The van der Waals surface area contributed by atoms with Gasteiger partial charge in [-0.25, -0.2) is 0 Å². The Labute approximate surface area is 165 Å². The highest BCUT2D eigenvalue weighted by atomic mass is 127. The number of hydrogen-bond donors (Lipinski definition) is 2. The van der Waals surface area contributed by atoms with Crippen LogP contribution in [0, 0.1) is 11.3 Å². The van der Waals surface area contributed by atoms with Crippen molar-refractivity contribution in [3.8, 4) is 0 Å². The summed E-state index contributed by atoms with van der Waals surface area (Å²) in [6.45, 7) is 8.93. The first-order chi connectivity index (χ1) is 11.2. The molecule has 1 aliphatic heterocycles. The van der Waals surface area contributed by atoms with E-state index in [0.717, 1.165) is 32.1 Å². The van der Waals surface area contributed by atoms with Crippen molar-refractivity contribution in [2.75, 3.05) is 53.5 Å². The summed E-state index contributed by atoms with van der Waals surface area (Å²) in [5, 5.41) is 7.04. The van der Waals surface area contributed by atoms with Crippen molar-refractivity contribution in [3.63, 3.8) is 0 Å². The molecule has 6 heteroatoms. The van der Waals surface area contributed by atoms with E-state index in [0.29, 0.717) is 11.3 Å². The molecule has 1 saturated heterocycles. The van der Waals surface area contributed by atoms with E-state index in [-0.39, 0.29) is 24.0 Å². The van der Waals surface area contributed by atoms with E-state index < -0.39 is 0 Å².